The van der Waals surface area contributed by atoms with Crippen LogP contribution in [0, 0.1) is 0 Å². The van der Waals surface area contributed by atoms with Crippen LogP contribution in [0.25, 0.3) is 0 Å². The quantitative estimate of drug-likeness (QED) is 0.540. The fourth-order valence-corrected chi connectivity index (χ4v) is 1.82. The van der Waals surface area contributed by atoms with E-state index >= 15 is 0 Å². The van der Waals surface area contributed by atoms with Gasteiger partial charge in [0.25, 0.3) is 0 Å². The summed E-state index contributed by atoms with van der Waals surface area (Å²) in [5, 5.41) is 13.0. The van der Waals surface area contributed by atoms with Gasteiger partial charge in [-0.15, -0.1) is 0 Å². The van der Waals surface area contributed by atoms with Crippen molar-refractivity contribution < 1.29 is 5.11 Å². The van der Waals surface area contributed by atoms with Crippen LogP contribution in [0.5, 0.6) is 0 Å². The molecular formula is C15H33NO. The Labute approximate surface area is 108 Å². The third-order valence-electron chi connectivity index (χ3n) is 3.66. The van der Waals surface area contributed by atoms with E-state index in [0.29, 0.717) is 0 Å². The van der Waals surface area contributed by atoms with Crippen LogP contribution >= 0.6 is 0 Å². The van der Waals surface area contributed by atoms with Crippen molar-refractivity contribution >= 4 is 0 Å². The Morgan fingerprint density at radius 2 is 1.41 bits per heavy atom. The van der Waals surface area contributed by atoms with Crippen molar-refractivity contribution in [2.45, 2.75) is 90.7 Å². The smallest absolute Gasteiger partial charge is 0.0688 e. The maximum Gasteiger partial charge on any atom is 0.0688 e. The van der Waals surface area contributed by atoms with Crippen molar-refractivity contribution in [1.82, 2.24) is 5.32 Å². The van der Waals surface area contributed by atoms with E-state index < -0.39 is 0 Å². The topological polar surface area (TPSA) is 32.3 Å². The van der Waals surface area contributed by atoms with Crippen LogP contribution in [0.2, 0.25) is 0 Å². The summed E-state index contributed by atoms with van der Waals surface area (Å²) >= 11 is 0. The first kappa shape index (κ1) is 16.9. The average Bonchev–Trinajstić information content (AvgIpc) is 2.26. The van der Waals surface area contributed by atoms with Gasteiger partial charge in [-0.2, -0.15) is 0 Å². The summed E-state index contributed by atoms with van der Waals surface area (Å²) in [6, 6.07) is 0. The number of rotatable bonds is 11. The van der Waals surface area contributed by atoms with Crippen molar-refractivity contribution in [2.24, 2.45) is 0 Å². The molecule has 0 rings (SSSR count). The van der Waals surface area contributed by atoms with E-state index in [2.05, 4.69) is 26.1 Å². The molecule has 0 aromatic carbocycles. The molecule has 1 unspecified atom stereocenters. The van der Waals surface area contributed by atoms with Crippen LogP contribution < -0.4 is 5.32 Å². The van der Waals surface area contributed by atoms with Crippen LogP contribution in [-0.2, 0) is 0 Å². The van der Waals surface area contributed by atoms with Gasteiger partial charge in [-0.3, -0.25) is 0 Å². The first-order valence-electron chi connectivity index (χ1n) is 7.43. The van der Waals surface area contributed by atoms with E-state index in [1.165, 1.54) is 51.4 Å². The van der Waals surface area contributed by atoms with Crippen LogP contribution in [-0.4, -0.2) is 23.3 Å². The highest BCUT2D eigenvalue weighted by atomic mass is 16.3. The molecule has 2 nitrogen and oxygen atoms in total. The van der Waals surface area contributed by atoms with Crippen molar-refractivity contribution in [1.29, 1.82) is 0 Å². The third-order valence-corrected chi connectivity index (χ3v) is 3.66. The molecule has 0 heterocycles. The zero-order valence-corrected chi connectivity index (χ0v) is 12.4. The largest absolute Gasteiger partial charge is 0.392 e. The Bertz CT molecular complexity index is 166. The molecule has 0 amide bonds. The normalized spacial score (nSPS) is 13.9. The summed E-state index contributed by atoms with van der Waals surface area (Å²) < 4.78 is 0. The Balaban J connectivity index is 3.24. The minimum Gasteiger partial charge on any atom is -0.392 e. The molecule has 0 aliphatic heterocycles. The molecule has 0 aromatic heterocycles. The Kier molecular flexibility index (Phi) is 9.85. The number of nitrogens with one attached hydrogen (secondary N) is 1. The summed E-state index contributed by atoms with van der Waals surface area (Å²) in [6.45, 7) is 9.24. The highest BCUT2D eigenvalue weighted by molar-refractivity contribution is 4.82. The van der Waals surface area contributed by atoms with Crippen LogP contribution in [0.1, 0.15) is 79.1 Å². The molecule has 0 bridgehead atoms. The number of hydrogen-bond donors (Lipinski definition) is 2. The van der Waals surface area contributed by atoms with Gasteiger partial charge in [0, 0.05) is 5.54 Å². The predicted octanol–water partition coefficient (Wildman–Crippen LogP) is 3.88. The van der Waals surface area contributed by atoms with E-state index in [-0.39, 0.29) is 11.6 Å². The zero-order valence-electron chi connectivity index (χ0n) is 12.4. The van der Waals surface area contributed by atoms with Gasteiger partial charge >= 0.3 is 0 Å². The molecule has 2 N–H and O–H groups in total. The fraction of sp³-hybridized carbons (Fsp3) is 1.00. The summed E-state index contributed by atoms with van der Waals surface area (Å²) in [6.07, 6.45) is 10.5. The summed E-state index contributed by atoms with van der Waals surface area (Å²) in [7, 11) is 0. The Hall–Kier alpha value is -0.0800. The zero-order chi connectivity index (χ0) is 13.1. The van der Waals surface area contributed by atoms with Gasteiger partial charge in [0.1, 0.15) is 0 Å². The van der Waals surface area contributed by atoms with Gasteiger partial charge in [-0.05, 0) is 33.7 Å². The van der Waals surface area contributed by atoms with Gasteiger partial charge in [0.15, 0.2) is 0 Å². The fourth-order valence-electron chi connectivity index (χ4n) is 1.82. The number of hydrogen-bond acceptors (Lipinski definition) is 2. The van der Waals surface area contributed by atoms with Gasteiger partial charge in [-0.25, -0.2) is 0 Å². The lowest BCUT2D eigenvalue weighted by atomic mass is 9.98. The monoisotopic (exact) mass is 243 g/mol. The molecule has 0 spiro atoms. The maximum atomic E-state index is 9.54. The second-order valence-corrected chi connectivity index (χ2v) is 5.80. The highest BCUT2D eigenvalue weighted by Gasteiger charge is 2.22. The molecular weight excluding hydrogens is 210 g/mol. The lowest BCUT2D eigenvalue weighted by molar-refractivity contribution is 0.0966. The molecule has 0 aliphatic carbocycles. The van der Waals surface area contributed by atoms with Crippen molar-refractivity contribution in [3.05, 3.63) is 0 Å². The molecule has 0 radical (unpaired) electrons. The minimum atomic E-state index is -0.295. The van der Waals surface area contributed by atoms with E-state index in [9.17, 15) is 5.11 Å². The molecule has 0 aliphatic rings. The number of aliphatic hydroxyl groups is 1. The Morgan fingerprint density at radius 1 is 0.941 bits per heavy atom. The molecule has 0 aromatic rings. The number of unbranched alkanes of at least 4 members (excludes halogenated alkanes) is 7. The molecule has 0 saturated heterocycles. The molecule has 0 saturated carbocycles. The molecule has 2 heteroatoms. The predicted molar refractivity (Wildman–Crippen MR) is 76.4 cm³/mol. The van der Waals surface area contributed by atoms with Crippen molar-refractivity contribution in [2.75, 3.05) is 6.54 Å². The second kappa shape index (κ2) is 9.90. The minimum absolute atomic E-state index is 0.152. The van der Waals surface area contributed by atoms with Gasteiger partial charge < -0.3 is 10.4 Å². The third kappa shape index (κ3) is 9.61. The number of aliphatic hydroxyl groups excluding tert-OH is 1. The van der Waals surface area contributed by atoms with Crippen LogP contribution in [0.3, 0.4) is 0 Å². The average molecular weight is 243 g/mol. The molecule has 104 valence electrons. The summed E-state index contributed by atoms with van der Waals surface area (Å²) in [5.41, 5.74) is -0.152. The summed E-state index contributed by atoms with van der Waals surface area (Å²) in [4.78, 5) is 0. The van der Waals surface area contributed by atoms with E-state index in [1.54, 1.807) is 0 Å². The lowest BCUT2D eigenvalue weighted by Crippen LogP contribution is -2.48. The first-order valence-corrected chi connectivity index (χ1v) is 7.43. The van der Waals surface area contributed by atoms with Crippen molar-refractivity contribution in [3.63, 3.8) is 0 Å². The van der Waals surface area contributed by atoms with Gasteiger partial charge in [0.2, 0.25) is 0 Å². The molecule has 17 heavy (non-hydrogen) atoms. The van der Waals surface area contributed by atoms with E-state index in [4.69, 9.17) is 0 Å². The standard InChI is InChI=1S/C15H33NO/c1-5-6-7-8-9-10-11-12-13-16-15(3,4)14(2)17/h14,16-17H,5-13H2,1-4H3. The van der Waals surface area contributed by atoms with E-state index in [0.717, 1.165) is 6.54 Å². The maximum absolute atomic E-state index is 9.54. The van der Waals surface area contributed by atoms with Gasteiger partial charge in [-0.1, -0.05) is 51.9 Å². The van der Waals surface area contributed by atoms with Crippen molar-refractivity contribution in [3.8, 4) is 0 Å². The SMILES string of the molecule is CCCCCCCCCCNC(C)(C)C(C)O. The summed E-state index contributed by atoms with van der Waals surface area (Å²) in [5.74, 6) is 0. The Morgan fingerprint density at radius 3 is 1.88 bits per heavy atom. The van der Waals surface area contributed by atoms with E-state index in [1.807, 2.05) is 6.92 Å². The van der Waals surface area contributed by atoms with Crippen LogP contribution in [0.15, 0.2) is 0 Å². The molecule has 1 atom stereocenters. The lowest BCUT2D eigenvalue weighted by Gasteiger charge is -2.29. The second-order valence-electron chi connectivity index (χ2n) is 5.80. The van der Waals surface area contributed by atoms with Crippen LogP contribution in [0.4, 0.5) is 0 Å². The highest BCUT2D eigenvalue weighted by Crippen LogP contribution is 2.10. The van der Waals surface area contributed by atoms with Gasteiger partial charge in [0.05, 0.1) is 6.10 Å². The molecule has 0 fully saturated rings. The first-order chi connectivity index (χ1) is 8.00.